The highest BCUT2D eigenvalue weighted by Crippen LogP contribution is 2.25. The van der Waals surface area contributed by atoms with Gasteiger partial charge in [0.05, 0.1) is 5.75 Å². The van der Waals surface area contributed by atoms with Crippen LogP contribution in [-0.4, -0.2) is 21.9 Å². The molecule has 0 spiro atoms. The van der Waals surface area contributed by atoms with E-state index in [4.69, 9.17) is 16.0 Å². The van der Waals surface area contributed by atoms with Crippen LogP contribution in [0, 0.1) is 0 Å². The monoisotopic (exact) mass is 423 g/mol. The van der Waals surface area contributed by atoms with E-state index in [1.807, 2.05) is 30.3 Å². The quantitative estimate of drug-likeness (QED) is 0.591. The minimum absolute atomic E-state index is 0.152. The Morgan fingerprint density at radius 3 is 2.83 bits per heavy atom. The molecule has 0 unspecified atom stereocenters. The van der Waals surface area contributed by atoms with Crippen molar-refractivity contribution in [1.82, 2.24) is 10.2 Å². The fourth-order valence-electron chi connectivity index (χ4n) is 1.90. The molecule has 2 aromatic carbocycles. The SMILES string of the molecule is O=C(CSc1nnc(-c2cccc(Cl)c2)o1)Nc1cccc(Br)c1. The number of nitrogens with one attached hydrogen (secondary N) is 1. The first-order valence-corrected chi connectivity index (χ1v) is 9.03. The van der Waals surface area contributed by atoms with Gasteiger partial charge in [-0.3, -0.25) is 4.79 Å². The third-order valence-corrected chi connectivity index (χ3v) is 4.46. The lowest BCUT2D eigenvalue weighted by molar-refractivity contribution is -0.113. The van der Waals surface area contributed by atoms with Crippen molar-refractivity contribution in [3.05, 3.63) is 58.0 Å². The van der Waals surface area contributed by atoms with Gasteiger partial charge in [0.2, 0.25) is 11.8 Å². The second-order valence-electron chi connectivity index (χ2n) is 4.73. The highest BCUT2D eigenvalue weighted by Gasteiger charge is 2.11. The Bertz CT molecular complexity index is 872. The lowest BCUT2D eigenvalue weighted by Gasteiger charge is -2.04. The van der Waals surface area contributed by atoms with Crippen LogP contribution >= 0.6 is 39.3 Å². The summed E-state index contributed by atoms with van der Waals surface area (Å²) in [6, 6.07) is 14.5. The van der Waals surface area contributed by atoms with Crippen molar-refractivity contribution in [3.8, 4) is 11.5 Å². The van der Waals surface area contributed by atoms with Gasteiger partial charge in [0, 0.05) is 20.7 Å². The molecule has 5 nitrogen and oxygen atoms in total. The van der Waals surface area contributed by atoms with Gasteiger partial charge in [-0.2, -0.15) is 0 Å². The average Bonchev–Trinajstić information content (AvgIpc) is 3.02. The summed E-state index contributed by atoms with van der Waals surface area (Å²) in [5, 5.41) is 11.6. The number of carbonyl (C=O) groups is 1. The third kappa shape index (κ3) is 4.59. The van der Waals surface area contributed by atoms with Crippen LogP contribution in [0.4, 0.5) is 5.69 Å². The maximum Gasteiger partial charge on any atom is 0.277 e. The Hall–Kier alpha value is -1.83. The van der Waals surface area contributed by atoms with Gasteiger partial charge in [0.25, 0.3) is 5.22 Å². The summed E-state index contributed by atoms with van der Waals surface area (Å²) < 4.78 is 6.44. The summed E-state index contributed by atoms with van der Waals surface area (Å²) in [7, 11) is 0. The first kappa shape index (κ1) is 17.0. The normalized spacial score (nSPS) is 10.6. The number of rotatable bonds is 5. The molecule has 0 saturated heterocycles. The smallest absolute Gasteiger partial charge is 0.277 e. The van der Waals surface area contributed by atoms with Gasteiger partial charge in [-0.15, -0.1) is 10.2 Å². The fraction of sp³-hybridized carbons (Fsp3) is 0.0625. The van der Waals surface area contributed by atoms with Crippen LogP contribution in [0.25, 0.3) is 11.5 Å². The van der Waals surface area contributed by atoms with E-state index in [-0.39, 0.29) is 11.7 Å². The zero-order valence-corrected chi connectivity index (χ0v) is 15.4. The highest BCUT2D eigenvalue weighted by molar-refractivity contribution is 9.10. The van der Waals surface area contributed by atoms with Crippen molar-refractivity contribution in [2.45, 2.75) is 5.22 Å². The molecule has 1 N–H and O–H groups in total. The lowest BCUT2D eigenvalue weighted by Crippen LogP contribution is -2.13. The molecule has 122 valence electrons. The van der Waals surface area contributed by atoms with Gasteiger partial charge < -0.3 is 9.73 Å². The van der Waals surface area contributed by atoms with Crippen molar-refractivity contribution in [2.75, 3.05) is 11.1 Å². The Balaban J connectivity index is 1.58. The van der Waals surface area contributed by atoms with Gasteiger partial charge in [-0.1, -0.05) is 51.4 Å². The molecular formula is C16H11BrClN3O2S. The minimum atomic E-state index is -0.152. The molecule has 0 aliphatic rings. The molecule has 1 heterocycles. The van der Waals surface area contributed by atoms with Gasteiger partial charge in [-0.05, 0) is 36.4 Å². The Morgan fingerprint density at radius 2 is 2.04 bits per heavy atom. The van der Waals surface area contributed by atoms with E-state index in [0.717, 1.165) is 15.7 Å². The minimum Gasteiger partial charge on any atom is -0.411 e. The zero-order chi connectivity index (χ0) is 16.9. The summed E-state index contributed by atoms with van der Waals surface area (Å²) in [6.07, 6.45) is 0. The molecule has 0 bridgehead atoms. The topological polar surface area (TPSA) is 68.0 Å². The number of nitrogens with zero attached hydrogens (tertiary/aromatic N) is 2. The van der Waals surface area contributed by atoms with Crippen LogP contribution in [0.2, 0.25) is 5.02 Å². The average molecular weight is 425 g/mol. The van der Waals surface area contributed by atoms with Crippen molar-refractivity contribution in [1.29, 1.82) is 0 Å². The highest BCUT2D eigenvalue weighted by atomic mass is 79.9. The van der Waals surface area contributed by atoms with Gasteiger partial charge in [0.15, 0.2) is 0 Å². The number of halogens is 2. The van der Waals surface area contributed by atoms with E-state index < -0.39 is 0 Å². The van der Waals surface area contributed by atoms with Gasteiger partial charge in [-0.25, -0.2) is 0 Å². The van der Waals surface area contributed by atoms with E-state index in [9.17, 15) is 4.79 Å². The molecule has 1 amide bonds. The van der Waals surface area contributed by atoms with Crippen molar-refractivity contribution >= 4 is 50.9 Å². The van der Waals surface area contributed by atoms with Crippen LogP contribution in [0.15, 0.2) is 62.6 Å². The number of anilines is 1. The largest absolute Gasteiger partial charge is 0.411 e. The third-order valence-electron chi connectivity index (χ3n) is 2.91. The van der Waals surface area contributed by atoms with E-state index >= 15 is 0 Å². The Labute approximate surface area is 155 Å². The van der Waals surface area contributed by atoms with E-state index in [2.05, 4.69) is 31.4 Å². The van der Waals surface area contributed by atoms with Crippen LogP contribution in [0.3, 0.4) is 0 Å². The van der Waals surface area contributed by atoms with Crippen molar-refractivity contribution < 1.29 is 9.21 Å². The van der Waals surface area contributed by atoms with Crippen LogP contribution < -0.4 is 5.32 Å². The molecular weight excluding hydrogens is 414 g/mol. The molecule has 0 aliphatic carbocycles. The second-order valence-corrected chi connectivity index (χ2v) is 7.01. The molecule has 8 heteroatoms. The maximum absolute atomic E-state index is 12.0. The van der Waals surface area contributed by atoms with Crippen LogP contribution in [-0.2, 0) is 4.79 Å². The fourth-order valence-corrected chi connectivity index (χ4v) is 3.05. The van der Waals surface area contributed by atoms with E-state index in [1.54, 1.807) is 18.2 Å². The maximum atomic E-state index is 12.0. The van der Waals surface area contributed by atoms with Crippen molar-refractivity contribution in [3.63, 3.8) is 0 Å². The van der Waals surface area contributed by atoms with E-state index in [0.29, 0.717) is 16.1 Å². The predicted molar refractivity (Wildman–Crippen MR) is 98.2 cm³/mol. The number of benzene rings is 2. The molecule has 0 aliphatic heterocycles. The van der Waals surface area contributed by atoms with Crippen LogP contribution in [0.5, 0.6) is 0 Å². The number of carbonyl (C=O) groups excluding carboxylic acids is 1. The number of hydrogen-bond acceptors (Lipinski definition) is 5. The summed E-state index contributed by atoms with van der Waals surface area (Å²) in [6.45, 7) is 0. The first-order chi connectivity index (χ1) is 11.6. The molecule has 0 atom stereocenters. The number of thioether (sulfide) groups is 1. The zero-order valence-electron chi connectivity index (χ0n) is 12.2. The van der Waals surface area contributed by atoms with Crippen molar-refractivity contribution in [2.24, 2.45) is 0 Å². The molecule has 3 aromatic rings. The number of amides is 1. The summed E-state index contributed by atoms with van der Waals surface area (Å²) in [5.41, 5.74) is 1.46. The standard InChI is InChI=1S/C16H11BrClN3O2S/c17-11-4-2-6-13(8-11)19-14(22)9-24-16-21-20-15(23-16)10-3-1-5-12(18)7-10/h1-8H,9H2,(H,19,22). The summed E-state index contributed by atoms with van der Waals surface area (Å²) in [4.78, 5) is 12.0. The molecule has 0 fully saturated rings. The van der Waals surface area contributed by atoms with Gasteiger partial charge >= 0.3 is 0 Å². The molecule has 24 heavy (non-hydrogen) atoms. The summed E-state index contributed by atoms with van der Waals surface area (Å²) in [5.74, 6) is 0.386. The molecule has 3 rings (SSSR count). The van der Waals surface area contributed by atoms with Gasteiger partial charge in [0.1, 0.15) is 0 Å². The molecule has 0 radical (unpaired) electrons. The number of aromatic nitrogens is 2. The summed E-state index contributed by atoms with van der Waals surface area (Å²) >= 11 is 10.5. The Kier molecular flexibility index (Phi) is 5.55. The lowest BCUT2D eigenvalue weighted by atomic mass is 10.2. The Morgan fingerprint density at radius 1 is 1.21 bits per heavy atom. The van der Waals surface area contributed by atoms with E-state index in [1.165, 1.54) is 11.8 Å². The molecule has 0 saturated carbocycles. The number of hydrogen-bond donors (Lipinski definition) is 1. The molecule has 1 aromatic heterocycles. The second kappa shape index (κ2) is 7.83. The first-order valence-electron chi connectivity index (χ1n) is 6.88. The predicted octanol–water partition coefficient (Wildman–Crippen LogP) is 4.88. The van der Waals surface area contributed by atoms with Crippen LogP contribution in [0.1, 0.15) is 0 Å².